The lowest BCUT2D eigenvalue weighted by Crippen LogP contribution is -2.61. The monoisotopic (exact) mass is 1800 g/mol. The predicted octanol–water partition coefficient (Wildman–Crippen LogP) is 34.7. The topological polar surface area (TPSA) is 21.3 Å². The molecule has 3 aromatic heterocycles. The average Bonchev–Trinajstić information content (AvgIpc) is 1.63. The van der Waals surface area contributed by atoms with Crippen LogP contribution in [0.3, 0.4) is 0 Å². The first-order valence-electron chi connectivity index (χ1n) is 56.9. The third kappa shape index (κ3) is 15.5. The zero-order valence-corrected chi connectivity index (χ0v) is 85.2. The van der Waals surface area contributed by atoms with Crippen LogP contribution >= 0.6 is 0 Å². The van der Waals surface area contributed by atoms with Gasteiger partial charge in [0.15, 0.2) is 0 Å². The fourth-order valence-corrected chi connectivity index (χ4v) is 20.3. The molecule has 136 heavy (non-hydrogen) atoms. The Bertz CT molecular complexity index is 8770. The number of nitrogens with zero attached hydrogens (tertiary/aromatic N) is 5. The molecule has 20 rings (SSSR count). The highest BCUT2D eigenvalue weighted by atomic mass is 15.2. The van der Waals surface area contributed by atoms with E-state index >= 15 is 0 Å². The normalized spacial score (nSPS) is 15.5. The first kappa shape index (κ1) is 72.7. The van der Waals surface area contributed by atoms with E-state index in [4.69, 9.17) is 0 Å². The summed E-state index contributed by atoms with van der Waals surface area (Å²) in [6, 6.07) is 59.6. The lowest BCUT2D eigenvalue weighted by molar-refractivity contribution is 0.578. The van der Waals surface area contributed by atoms with Gasteiger partial charge < -0.3 is 23.5 Å². The summed E-state index contributed by atoms with van der Waals surface area (Å²) in [7, 11) is 0. The van der Waals surface area contributed by atoms with E-state index in [1.165, 1.54) is 0 Å². The van der Waals surface area contributed by atoms with Crippen molar-refractivity contribution < 1.29 is 23.3 Å². The summed E-state index contributed by atoms with van der Waals surface area (Å²) in [5.41, 5.74) is 12.0. The zero-order chi connectivity index (χ0) is 111. The van der Waals surface area contributed by atoms with Gasteiger partial charge in [-0.05, 0) is 270 Å². The van der Waals surface area contributed by atoms with E-state index in [9.17, 15) is 23.3 Å². The molecule has 0 unspecified atom stereocenters. The molecule has 686 valence electrons. The zero-order valence-electron chi connectivity index (χ0n) is 102. The Hall–Kier alpha value is -12.6. The smallest absolute Gasteiger partial charge is 0.252 e. The van der Waals surface area contributed by atoms with Crippen molar-refractivity contribution in [3.63, 3.8) is 0 Å². The predicted molar refractivity (Wildman–Crippen MR) is 592 cm³/mol. The van der Waals surface area contributed by atoms with Crippen molar-refractivity contribution in [2.75, 3.05) is 9.80 Å². The number of fused-ring (bicyclic) bond motifs is 13. The van der Waals surface area contributed by atoms with Gasteiger partial charge >= 0.3 is 0 Å². The molecule has 0 saturated heterocycles. The molecule has 0 radical (unpaired) electrons. The number of anilines is 6. The van der Waals surface area contributed by atoms with Crippen LogP contribution in [-0.2, 0) is 54.1 Å². The summed E-state index contributed by atoms with van der Waals surface area (Å²) < 4.78 is 188. The van der Waals surface area contributed by atoms with Crippen LogP contribution in [0.5, 0.6) is 0 Å². The Morgan fingerprint density at radius 2 is 0.566 bits per heavy atom. The third-order valence-corrected chi connectivity index (χ3v) is 28.3. The minimum absolute atomic E-state index is 0.0371. The van der Waals surface area contributed by atoms with Crippen LogP contribution in [0, 0.1) is 0 Å². The van der Waals surface area contributed by atoms with Crippen LogP contribution in [0.4, 0.5) is 34.1 Å². The van der Waals surface area contributed by atoms with Crippen molar-refractivity contribution in [1.29, 1.82) is 0 Å². The Morgan fingerprint density at radius 3 is 0.963 bits per heavy atom. The lowest BCUT2D eigenvalue weighted by atomic mass is 9.33. The summed E-state index contributed by atoms with van der Waals surface area (Å²) in [5, 5.41) is 3.64. The maximum atomic E-state index is 12.1. The van der Waals surface area contributed by atoms with Crippen LogP contribution in [0.1, 0.15) is 287 Å². The summed E-state index contributed by atoms with van der Waals surface area (Å²) in [6.45, 7) is 61.5. The number of rotatable bonds is 9. The molecule has 0 spiro atoms. The molecular formula is C130H138BN5. The lowest BCUT2D eigenvalue weighted by Gasteiger charge is -2.46. The fraction of sp³-hybridized carbons (Fsp3) is 0.308. The van der Waals surface area contributed by atoms with E-state index in [0.717, 1.165) is 110 Å². The Balaban J connectivity index is 1.12. The SMILES string of the molecule is [2H]c1c([2H])c(C(C)(C)C)c([2H])c([2H])c1-c1c([2H])c(C(C)(C)C)c([2H])c(-c2c([2H])c(C(C)(C)C)c([2H])c([2H])c2C(C)(C)C)c1N1c2cc(-n3c4ccc(C(C)(C)C)cc4c4cc(C(C)(C)C)ccc43)ccc2B2c3ccc(-n4c5ccc(C(C)(C)C)cc5c5cc(C(C)(C)C)ccc54)cc3N(c3c(-c4ccccc4)cc(C(C)(C)C)cc3-c3ccc(C(C)(C)C)cc3)c3cc(-n4c5c([2H])c([2H])c([2H])c([2H])c5c5c([2H])c([2H])c([2H])c([2H])c54)cc1c32. The number of benzene rings is 15. The molecule has 5 heterocycles. The summed E-state index contributed by atoms with van der Waals surface area (Å²) in [6.07, 6.45) is 0. The van der Waals surface area contributed by atoms with E-state index in [2.05, 4.69) is 296 Å². The molecule has 0 amide bonds. The minimum atomic E-state index is -1.24. The second-order valence-electron chi connectivity index (χ2n) is 48.7. The van der Waals surface area contributed by atoms with Gasteiger partial charge in [0.05, 0.1) is 73.5 Å². The van der Waals surface area contributed by atoms with Gasteiger partial charge in [-0.1, -0.05) is 377 Å². The largest absolute Gasteiger partial charge is 0.310 e. The Labute approximate surface area is 834 Å². The highest BCUT2D eigenvalue weighted by Crippen LogP contribution is 2.58. The van der Waals surface area contributed by atoms with Crippen LogP contribution in [0.2, 0.25) is 0 Å². The maximum Gasteiger partial charge on any atom is 0.252 e. The number of para-hydroxylation sites is 2. The van der Waals surface area contributed by atoms with E-state index in [0.29, 0.717) is 39.4 Å². The molecule has 0 atom stereocenters. The standard InChI is InChI=1S/C130H138BN5/c1-121(2,3)82-48-44-80(45-49-82)97-72-89(128(22,23)24)71-96(79-38-32-31-33-39-79)119(97)135-114-75-91(132-110-62-53-85(124(10,11)12)67-100(110)101-68-86(125(13,14)15)54-63-111(101)132)57-60-106(114)131-107-61-58-92(133-112-64-55-87(126(16,17)18)69-102(112)103-70-88(127(19,20)21)56-65-113(103)133)76-115(107)136(117-78-93(77-116(135)118(117)131)134-108-42-36-34-40-94(108)95-41-35-37-43-109(95)134)120-98(81-46-50-83(51-47-81)122(4,5)6)73-90(129(25,26)27)74-104(120)99-66-84(123(7,8)9)52-59-105(99)130(28,29)30/h31-78H,1-30H3/i34D,35D,36D,37D,40D,41D,42D,43D,46D,47D,50D,51D,52D,59D,66D,73D,74D. The van der Waals surface area contributed by atoms with E-state index < -0.39 is 94.2 Å². The van der Waals surface area contributed by atoms with Crippen molar-refractivity contribution >= 4 is 123 Å². The molecule has 2 aliphatic rings. The van der Waals surface area contributed by atoms with Gasteiger partial charge in [-0.3, -0.25) is 0 Å². The average molecular weight is 1800 g/mol. The highest BCUT2D eigenvalue weighted by molar-refractivity contribution is 7.00. The second-order valence-corrected chi connectivity index (χ2v) is 48.7. The molecule has 5 nitrogen and oxygen atoms in total. The molecule has 18 aromatic rings. The van der Waals surface area contributed by atoms with Crippen LogP contribution in [0.25, 0.3) is 127 Å². The Kier molecular flexibility index (Phi) is 16.8. The van der Waals surface area contributed by atoms with Gasteiger partial charge in [-0.2, -0.15) is 0 Å². The second kappa shape index (κ2) is 31.5. The third-order valence-electron chi connectivity index (χ3n) is 28.3. The van der Waals surface area contributed by atoms with E-state index in [1.807, 2.05) is 118 Å². The fourth-order valence-electron chi connectivity index (χ4n) is 20.3. The van der Waals surface area contributed by atoms with Crippen molar-refractivity contribution in [2.45, 2.75) is 262 Å². The minimum Gasteiger partial charge on any atom is -0.310 e. The van der Waals surface area contributed by atoms with Gasteiger partial charge in [0.2, 0.25) is 0 Å². The van der Waals surface area contributed by atoms with E-state index in [-0.39, 0.29) is 153 Å². The van der Waals surface area contributed by atoms with Gasteiger partial charge in [-0.15, -0.1) is 0 Å². The Morgan fingerprint density at radius 1 is 0.221 bits per heavy atom. The van der Waals surface area contributed by atoms with Crippen LogP contribution in [-0.4, -0.2) is 20.4 Å². The molecule has 2 aliphatic heterocycles. The summed E-state index contributed by atoms with van der Waals surface area (Å²) >= 11 is 0. The van der Waals surface area contributed by atoms with Crippen molar-refractivity contribution in [3.05, 3.63) is 346 Å². The van der Waals surface area contributed by atoms with Gasteiger partial charge in [0.1, 0.15) is 0 Å². The number of hydrogen-bond donors (Lipinski definition) is 0. The summed E-state index contributed by atoms with van der Waals surface area (Å²) in [5.74, 6) is 0. The number of hydrogen-bond acceptors (Lipinski definition) is 2. The summed E-state index contributed by atoms with van der Waals surface area (Å²) in [4.78, 5) is 4.31. The van der Waals surface area contributed by atoms with Crippen molar-refractivity contribution in [2.24, 2.45) is 0 Å². The molecular weight excluding hydrogens is 1640 g/mol. The molecule has 0 aliphatic carbocycles. The van der Waals surface area contributed by atoms with Crippen LogP contribution < -0.4 is 26.2 Å². The molecule has 6 heteroatoms. The highest BCUT2D eigenvalue weighted by Gasteiger charge is 2.48. The quantitative estimate of drug-likeness (QED) is 0.134. The van der Waals surface area contributed by atoms with Gasteiger partial charge in [0, 0.05) is 88.7 Å². The molecule has 0 saturated carbocycles. The molecule has 0 fully saturated rings. The maximum absolute atomic E-state index is 12.1. The van der Waals surface area contributed by atoms with Gasteiger partial charge in [0.25, 0.3) is 6.71 Å². The van der Waals surface area contributed by atoms with Crippen molar-refractivity contribution in [3.8, 4) is 61.6 Å². The van der Waals surface area contributed by atoms with Crippen molar-refractivity contribution in [1.82, 2.24) is 13.7 Å². The number of aromatic nitrogens is 3. The first-order chi connectivity index (χ1) is 70.9. The van der Waals surface area contributed by atoms with Crippen LogP contribution in [0.15, 0.2) is 291 Å². The van der Waals surface area contributed by atoms with E-state index in [1.54, 1.807) is 4.57 Å². The molecule has 0 N–H and O–H groups in total. The first-order valence-corrected chi connectivity index (χ1v) is 48.4. The molecule has 0 bridgehead atoms. The van der Waals surface area contributed by atoms with Gasteiger partial charge in [-0.25, -0.2) is 0 Å². The molecule has 15 aromatic carbocycles.